The largest absolute Gasteiger partial charge is 0.270 e. The highest BCUT2D eigenvalue weighted by atomic mass is 127. The molecule has 0 aliphatic heterocycles. The van der Waals surface area contributed by atoms with Crippen molar-refractivity contribution in [2.24, 2.45) is 7.05 Å². The number of aromatic nitrogens is 1. The van der Waals surface area contributed by atoms with Crippen molar-refractivity contribution in [1.29, 1.82) is 0 Å². The van der Waals surface area contributed by atoms with Gasteiger partial charge < -0.3 is 0 Å². The first kappa shape index (κ1) is 15.3. The van der Waals surface area contributed by atoms with E-state index in [1.165, 1.54) is 6.07 Å². The molecule has 0 N–H and O–H groups in total. The molecule has 1 aromatic heterocycles. The Morgan fingerprint density at radius 3 is 2.37 bits per heavy atom. The second kappa shape index (κ2) is 6.98. The maximum atomic E-state index is 10.6. The summed E-state index contributed by atoms with van der Waals surface area (Å²) in [5.41, 5.74) is 1.98. The first-order chi connectivity index (χ1) is 8.65. The van der Waals surface area contributed by atoms with E-state index in [2.05, 4.69) is 0 Å². The summed E-state index contributed by atoms with van der Waals surface area (Å²) in [6.45, 7) is 0. The highest BCUT2D eigenvalue weighted by molar-refractivity contribution is 14.0. The van der Waals surface area contributed by atoms with Crippen molar-refractivity contribution >= 4 is 41.8 Å². The zero-order valence-corrected chi connectivity index (χ0v) is 12.7. The summed E-state index contributed by atoms with van der Waals surface area (Å²) >= 11 is 0. The number of non-ortho nitro benzene ring substituents is 1. The predicted octanol–water partition coefficient (Wildman–Crippen LogP) is 3.21. The second-order valence-electron chi connectivity index (χ2n) is 3.98. The molecule has 0 aliphatic carbocycles. The average molecular weight is 369 g/mol. The Bertz CT molecular complexity index is 595. The van der Waals surface area contributed by atoms with E-state index >= 15 is 0 Å². The van der Waals surface area contributed by atoms with Gasteiger partial charge in [0.1, 0.15) is 7.05 Å². The number of benzene rings is 1. The zero-order valence-electron chi connectivity index (χ0n) is 10.4. The van der Waals surface area contributed by atoms with Crippen LogP contribution >= 0.6 is 24.0 Å². The Balaban J connectivity index is 0.00000180. The van der Waals surface area contributed by atoms with Gasteiger partial charge >= 0.3 is 0 Å². The summed E-state index contributed by atoms with van der Waals surface area (Å²) in [6.07, 6.45) is 7.70. The molecule has 1 aromatic carbocycles. The van der Waals surface area contributed by atoms with Gasteiger partial charge in [0.05, 0.1) is 4.92 Å². The normalized spacial score (nSPS) is 10.2. The fourth-order valence-corrected chi connectivity index (χ4v) is 1.56. The standard InChI is InChI=1S/C14H13N2O2.HI/c1-15-9-7-12(8-10-15)5-6-13-3-2-4-14(11-13)16(17)18;/h2-11H,1H3;1H/q+1;. The van der Waals surface area contributed by atoms with E-state index in [0.717, 1.165) is 11.1 Å². The van der Waals surface area contributed by atoms with Crippen LogP contribution in [0.1, 0.15) is 11.1 Å². The second-order valence-corrected chi connectivity index (χ2v) is 3.98. The highest BCUT2D eigenvalue weighted by Crippen LogP contribution is 2.15. The Kier molecular flexibility index (Phi) is 5.62. The molecule has 4 nitrogen and oxygen atoms in total. The van der Waals surface area contributed by atoms with Crippen molar-refractivity contribution in [3.63, 3.8) is 0 Å². The molecule has 0 aliphatic rings. The van der Waals surface area contributed by atoms with E-state index in [-0.39, 0.29) is 34.6 Å². The summed E-state index contributed by atoms with van der Waals surface area (Å²) in [4.78, 5) is 10.3. The lowest BCUT2D eigenvalue weighted by molar-refractivity contribution is -0.671. The van der Waals surface area contributed by atoms with Crippen molar-refractivity contribution in [3.05, 3.63) is 70.0 Å². The molecule has 2 rings (SSSR count). The molecule has 2 aromatic rings. The molecule has 0 fully saturated rings. The van der Waals surface area contributed by atoms with E-state index in [4.69, 9.17) is 0 Å². The Hall–Kier alpha value is -1.76. The monoisotopic (exact) mass is 369 g/mol. The van der Waals surface area contributed by atoms with Crippen molar-refractivity contribution in [3.8, 4) is 0 Å². The van der Waals surface area contributed by atoms with Crippen molar-refractivity contribution in [2.45, 2.75) is 0 Å². The van der Waals surface area contributed by atoms with Gasteiger partial charge in [-0.25, -0.2) is 4.57 Å². The number of rotatable bonds is 3. The Morgan fingerprint density at radius 1 is 1.11 bits per heavy atom. The molecular formula is C14H14IN2O2+. The zero-order chi connectivity index (χ0) is 13.0. The van der Waals surface area contributed by atoms with Gasteiger partial charge in [-0.2, -0.15) is 0 Å². The van der Waals surface area contributed by atoms with Crippen LogP contribution in [-0.2, 0) is 7.05 Å². The fraction of sp³-hybridized carbons (Fsp3) is 0.0714. The van der Waals surface area contributed by atoms with E-state index in [1.807, 2.05) is 54.4 Å². The maximum Gasteiger partial charge on any atom is 0.270 e. The van der Waals surface area contributed by atoms with Crippen LogP contribution in [-0.4, -0.2) is 4.92 Å². The van der Waals surface area contributed by atoms with Gasteiger partial charge in [0.2, 0.25) is 0 Å². The van der Waals surface area contributed by atoms with E-state index < -0.39 is 0 Å². The Labute approximate surface area is 128 Å². The van der Waals surface area contributed by atoms with Gasteiger partial charge in [0.25, 0.3) is 5.69 Å². The fourth-order valence-electron chi connectivity index (χ4n) is 1.56. The van der Waals surface area contributed by atoms with Crippen LogP contribution < -0.4 is 4.57 Å². The van der Waals surface area contributed by atoms with E-state index in [0.29, 0.717) is 0 Å². The highest BCUT2D eigenvalue weighted by Gasteiger charge is 2.03. The van der Waals surface area contributed by atoms with Gasteiger partial charge in [-0.15, -0.1) is 24.0 Å². The molecule has 1 heterocycles. The van der Waals surface area contributed by atoms with Crippen LogP contribution in [0.5, 0.6) is 0 Å². The minimum atomic E-state index is -0.389. The first-order valence-corrected chi connectivity index (χ1v) is 5.53. The lowest BCUT2D eigenvalue weighted by Crippen LogP contribution is -2.25. The van der Waals surface area contributed by atoms with Gasteiger partial charge in [0, 0.05) is 24.3 Å². The maximum absolute atomic E-state index is 10.6. The summed E-state index contributed by atoms with van der Waals surface area (Å²) in [5.74, 6) is 0. The van der Waals surface area contributed by atoms with Gasteiger partial charge in [-0.1, -0.05) is 24.3 Å². The van der Waals surface area contributed by atoms with Crippen LogP contribution in [0.3, 0.4) is 0 Å². The van der Waals surface area contributed by atoms with Crippen molar-refractivity contribution < 1.29 is 9.49 Å². The van der Waals surface area contributed by atoms with E-state index in [1.54, 1.807) is 12.1 Å². The van der Waals surface area contributed by atoms with Crippen LogP contribution in [0, 0.1) is 10.1 Å². The third kappa shape index (κ3) is 4.44. The lowest BCUT2D eigenvalue weighted by atomic mass is 10.1. The lowest BCUT2D eigenvalue weighted by Gasteiger charge is -1.95. The molecule has 98 valence electrons. The van der Waals surface area contributed by atoms with Crippen LogP contribution in [0.2, 0.25) is 0 Å². The van der Waals surface area contributed by atoms with Crippen molar-refractivity contribution in [1.82, 2.24) is 0 Å². The van der Waals surface area contributed by atoms with Gasteiger partial charge in [0.15, 0.2) is 12.4 Å². The average Bonchev–Trinajstić information content (AvgIpc) is 2.38. The number of nitro groups is 1. The molecule has 0 spiro atoms. The predicted molar refractivity (Wildman–Crippen MR) is 85.1 cm³/mol. The molecule has 0 atom stereocenters. The number of nitrogens with zero attached hydrogens (tertiary/aromatic N) is 2. The minimum Gasteiger partial charge on any atom is -0.258 e. The number of hydrogen-bond donors (Lipinski definition) is 0. The summed E-state index contributed by atoms with van der Waals surface area (Å²) in [7, 11) is 1.95. The van der Waals surface area contributed by atoms with Crippen LogP contribution in [0.4, 0.5) is 5.69 Å². The molecule has 0 saturated heterocycles. The van der Waals surface area contributed by atoms with Crippen LogP contribution in [0.15, 0.2) is 48.8 Å². The topological polar surface area (TPSA) is 47.0 Å². The van der Waals surface area contributed by atoms with Gasteiger partial charge in [-0.05, 0) is 11.1 Å². The number of nitro benzene ring substituents is 1. The summed E-state index contributed by atoms with van der Waals surface area (Å²) in [6, 6.07) is 10.5. The molecule has 5 heteroatoms. The number of halogens is 1. The molecule has 19 heavy (non-hydrogen) atoms. The van der Waals surface area contributed by atoms with Crippen molar-refractivity contribution in [2.75, 3.05) is 0 Å². The third-order valence-corrected chi connectivity index (χ3v) is 2.55. The van der Waals surface area contributed by atoms with Crippen LogP contribution in [0.25, 0.3) is 12.2 Å². The third-order valence-electron chi connectivity index (χ3n) is 2.55. The molecule has 0 saturated carbocycles. The first-order valence-electron chi connectivity index (χ1n) is 5.53. The molecule has 0 amide bonds. The SMILES string of the molecule is C[n+]1ccc(C=Cc2cccc([N+](=O)[O-])c2)cc1.I. The molecule has 0 bridgehead atoms. The number of hydrogen-bond acceptors (Lipinski definition) is 2. The Morgan fingerprint density at radius 2 is 1.74 bits per heavy atom. The smallest absolute Gasteiger partial charge is 0.258 e. The molecular weight excluding hydrogens is 355 g/mol. The number of aryl methyl sites for hydroxylation is 1. The summed E-state index contributed by atoms with van der Waals surface area (Å²) in [5, 5.41) is 10.6. The number of pyridine rings is 1. The van der Waals surface area contributed by atoms with E-state index in [9.17, 15) is 10.1 Å². The quantitative estimate of drug-likeness (QED) is 0.361. The molecule has 0 radical (unpaired) electrons. The molecule has 0 unspecified atom stereocenters. The summed E-state index contributed by atoms with van der Waals surface area (Å²) < 4.78 is 1.95. The minimum absolute atomic E-state index is 0. The van der Waals surface area contributed by atoms with Gasteiger partial charge in [-0.3, -0.25) is 10.1 Å².